The molecule has 1 aromatic rings. The molecule has 0 radical (unpaired) electrons. The van der Waals surface area contributed by atoms with Crippen molar-refractivity contribution < 1.29 is 4.79 Å². The van der Waals surface area contributed by atoms with E-state index in [1.165, 1.54) is 48.6 Å². The Morgan fingerprint density at radius 3 is 2.50 bits per heavy atom. The third kappa shape index (κ3) is 6.27. The third-order valence-electron chi connectivity index (χ3n) is 6.12. The Morgan fingerprint density at radius 2 is 1.86 bits per heavy atom. The third-order valence-corrected chi connectivity index (χ3v) is 7.06. The fourth-order valence-corrected chi connectivity index (χ4v) is 5.77. The maximum absolute atomic E-state index is 12.5. The number of halogens is 2. The predicted molar refractivity (Wildman–Crippen MR) is 124 cm³/mol. The van der Waals surface area contributed by atoms with Crippen molar-refractivity contribution in [1.82, 2.24) is 10.2 Å². The number of benzene rings is 1. The number of fused-ring (bicyclic) bond motifs is 2. The molecular weight excluding hydrogens is 413 g/mol. The number of nitrogens with one attached hydrogen (secondary N) is 2. The maximum Gasteiger partial charge on any atom is 0.224 e. The molecule has 4 rings (SSSR count). The van der Waals surface area contributed by atoms with Crippen molar-refractivity contribution in [3.63, 3.8) is 0 Å². The molecular formula is C21H33Cl2N3OS. The van der Waals surface area contributed by atoms with E-state index in [1.807, 2.05) is 11.8 Å². The lowest BCUT2D eigenvalue weighted by molar-refractivity contribution is -0.117. The van der Waals surface area contributed by atoms with Crippen LogP contribution in [0.4, 0.5) is 5.69 Å². The summed E-state index contributed by atoms with van der Waals surface area (Å²) >= 11 is 2.05. The van der Waals surface area contributed by atoms with Gasteiger partial charge in [-0.25, -0.2) is 0 Å². The number of rotatable bonds is 5. The van der Waals surface area contributed by atoms with Crippen LogP contribution in [0.15, 0.2) is 18.2 Å². The number of carbonyl (C=O) groups is 1. The van der Waals surface area contributed by atoms with E-state index in [2.05, 4.69) is 40.7 Å². The Kier molecular flexibility index (Phi) is 9.42. The number of nitrogens with zero attached hydrogens (tertiary/aromatic N) is 1. The van der Waals surface area contributed by atoms with Crippen LogP contribution in [-0.4, -0.2) is 47.5 Å². The zero-order valence-corrected chi connectivity index (χ0v) is 19.1. The molecule has 2 N–H and O–H groups in total. The summed E-state index contributed by atoms with van der Waals surface area (Å²) in [5.74, 6) is 3.21. The molecule has 1 aromatic carbocycles. The summed E-state index contributed by atoms with van der Waals surface area (Å²) in [6.07, 6.45) is 5.57. The van der Waals surface area contributed by atoms with Gasteiger partial charge in [-0.05, 0) is 55.7 Å². The standard InChI is InChI=1S/C21H31N3OS.2ClH/c1-15-10-16(14-24-6-8-26-9-7-24)2-5-20(15)23-21(25)13-17-11-18-3-4-19(12-17)22-18;;/h2,5,10,17-19,22H,3-4,6-9,11-14H2,1H3,(H,23,25);2*1H. The first kappa shape index (κ1) is 23.8. The summed E-state index contributed by atoms with van der Waals surface area (Å²) in [5.41, 5.74) is 3.50. The Hall–Kier alpha value is -0.460. The van der Waals surface area contributed by atoms with Gasteiger partial charge >= 0.3 is 0 Å². The number of hydrogen-bond acceptors (Lipinski definition) is 4. The highest BCUT2D eigenvalue weighted by Gasteiger charge is 2.34. The van der Waals surface area contributed by atoms with Gasteiger partial charge in [0.25, 0.3) is 0 Å². The predicted octanol–water partition coefficient (Wildman–Crippen LogP) is 4.25. The molecule has 4 nitrogen and oxygen atoms in total. The summed E-state index contributed by atoms with van der Waals surface area (Å²) < 4.78 is 0. The molecule has 7 heteroatoms. The first-order valence-electron chi connectivity index (χ1n) is 10.1. The monoisotopic (exact) mass is 445 g/mol. The lowest BCUT2D eigenvalue weighted by atomic mass is 9.89. The van der Waals surface area contributed by atoms with Gasteiger partial charge in [-0.2, -0.15) is 11.8 Å². The Morgan fingerprint density at radius 1 is 1.18 bits per heavy atom. The van der Waals surface area contributed by atoms with Crippen molar-refractivity contribution in [2.45, 2.75) is 57.7 Å². The molecule has 3 fully saturated rings. The van der Waals surface area contributed by atoms with Crippen molar-refractivity contribution in [3.05, 3.63) is 29.3 Å². The van der Waals surface area contributed by atoms with Gasteiger partial charge in [0.15, 0.2) is 0 Å². The molecule has 158 valence electrons. The minimum atomic E-state index is 0. The average Bonchev–Trinajstić information content (AvgIpc) is 2.97. The van der Waals surface area contributed by atoms with Crippen LogP contribution in [0.2, 0.25) is 0 Å². The quantitative estimate of drug-likeness (QED) is 0.710. The van der Waals surface area contributed by atoms with E-state index < -0.39 is 0 Å². The largest absolute Gasteiger partial charge is 0.326 e. The van der Waals surface area contributed by atoms with Crippen LogP contribution < -0.4 is 10.6 Å². The van der Waals surface area contributed by atoms with Crippen molar-refractivity contribution >= 4 is 48.2 Å². The highest BCUT2D eigenvalue weighted by Crippen LogP contribution is 2.33. The van der Waals surface area contributed by atoms with E-state index >= 15 is 0 Å². The van der Waals surface area contributed by atoms with E-state index in [4.69, 9.17) is 0 Å². The SMILES string of the molecule is Cc1cc(CN2CCSCC2)ccc1NC(=O)CC1CC2CCC(C1)N2.Cl.Cl. The van der Waals surface area contributed by atoms with Crippen molar-refractivity contribution in [1.29, 1.82) is 0 Å². The van der Waals surface area contributed by atoms with Crippen LogP contribution in [0.1, 0.15) is 43.2 Å². The molecule has 1 amide bonds. The van der Waals surface area contributed by atoms with Crippen LogP contribution in [0.25, 0.3) is 0 Å². The Labute approximate surface area is 185 Å². The second-order valence-electron chi connectivity index (χ2n) is 8.27. The number of piperidine rings is 1. The summed E-state index contributed by atoms with van der Waals surface area (Å²) in [5, 5.41) is 6.82. The van der Waals surface area contributed by atoms with Crippen molar-refractivity contribution in [3.8, 4) is 0 Å². The molecule has 2 atom stereocenters. The van der Waals surface area contributed by atoms with E-state index in [9.17, 15) is 4.79 Å². The fourth-order valence-electron chi connectivity index (χ4n) is 4.79. The Bertz CT molecular complexity index is 643. The number of amides is 1. The average molecular weight is 446 g/mol. The summed E-state index contributed by atoms with van der Waals surface area (Å²) in [6.45, 7) is 5.49. The highest BCUT2D eigenvalue weighted by atomic mass is 35.5. The number of carbonyl (C=O) groups excluding carboxylic acids is 1. The van der Waals surface area contributed by atoms with Gasteiger partial charge in [0.1, 0.15) is 0 Å². The van der Waals surface area contributed by atoms with Gasteiger partial charge < -0.3 is 10.6 Å². The summed E-state index contributed by atoms with van der Waals surface area (Å²) in [7, 11) is 0. The van der Waals surface area contributed by atoms with Gasteiger partial charge in [0, 0.05) is 55.3 Å². The molecule has 0 saturated carbocycles. The molecule has 3 saturated heterocycles. The van der Waals surface area contributed by atoms with Gasteiger partial charge in [-0.15, -0.1) is 24.8 Å². The molecule has 3 aliphatic rings. The minimum Gasteiger partial charge on any atom is -0.326 e. The molecule has 28 heavy (non-hydrogen) atoms. The van der Waals surface area contributed by atoms with Crippen LogP contribution in [0, 0.1) is 12.8 Å². The molecule has 0 aliphatic carbocycles. The lowest BCUT2D eigenvalue weighted by Gasteiger charge is -2.28. The maximum atomic E-state index is 12.5. The van der Waals surface area contributed by atoms with E-state index in [-0.39, 0.29) is 30.7 Å². The highest BCUT2D eigenvalue weighted by molar-refractivity contribution is 7.99. The molecule has 2 bridgehead atoms. The first-order chi connectivity index (χ1) is 12.7. The second-order valence-corrected chi connectivity index (χ2v) is 9.49. The van der Waals surface area contributed by atoms with Gasteiger partial charge in [0.2, 0.25) is 5.91 Å². The number of aryl methyl sites for hydroxylation is 1. The number of hydrogen-bond donors (Lipinski definition) is 2. The molecule has 0 aromatic heterocycles. The van der Waals surface area contributed by atoms with E-state index in [0.29, 0.717) is 24.4 Å². The van der Waals surface area contributed by atoms with E-state index in [0.717, 1.165) is 25.1 Å². The molecule has 2 unspecified atom stereocenters. The summed E-state index contributed by atoms with van der Waals surface area (Å²) in [6, 6.07) is 7.81. The molecule has 3 heterocycles. The molecule has 3 aliphatic heterocycles. The summed E-state index contributed by atoms with van der Waals surface area (Å²) in [4.78, 5) is 15.0. The number of anilines is 1. The zero-order valence-electron chi connectivity index (χ0n) is 16.6. The van der Waals surface area contributed by atoms with Crippen LogP contribution in [0.3, 0.4) is 0 Å². The fraction of sp³-hybridized carbons (Fsp3) is 0.667. The van der Waals surface area contributed by atoms with Crippen LogP contribution in [0.5, 0.6) is 0 Å². The van der Waals surface area contributed by atoms with Gasteiger partial charge in [-0.3, -0.25) is 9.69 Å². The van der Waals surface area contributed by atoms with Gasteiger partial charge in [-0.1, -0.05) is 12.1 Å². The Balaban J connectivity index is 0.00000140. The van der Waals surface area contributed by atoms with Crippen molar-refractivity contribution in [2.75, 3.05) is 29.9 Å². The zero-order chi connectivity index (χ0) is 17.9. The lowest BCUT2D eigenvalue weighted by Crippen LogP contribution is -2.39. The first-order valence-corrected chi connectivity index (χ1v) is 11.3. The van der Waals surface area contributed by atoms with E-state index in [1.54, 1.807) is 0 Å². The topological polar surface area (TPSA) is 44.4 Å². The van der Waals surface area contributed by atoms with Crippen LogP contribution >= 0.6 is 36.6 Å². The van der Waals surface area contributed by atoms with Crippen molar-refractivity contribution in [2.24, 2.45) is 5.92 Å². The second kappa shape index (κ2) is 11.1. The normalized spacial score (nSPS) is 26.8. The number of thioether (sulfide) groups is 1. The van der Waals surface area contributed by atoms with Gasteiger partial charge in [0.05, 0.1) is 0 Å². The van der Waals surface area contributed by atoms with Crippen LogP contribution in [-0.2, 0) is 11.3 Å². The molecule has 0 spiro atoms. The smallest absolute Gasteiger partial charge is 0.224 e. The minimum absolute atomic E-state index is 0.